The highest BCUT2D eigenvalue weighted by molar-refractivity contribution is 9.10. The molecule has 0 aliphatic rings. The minimum absolute atomic E-state index is 0.103. The van der Waals surface area contributed by atoms with Gasteiger partial charge in [0.05, 0.1) is 4.47 Å². The first-order valence-electron chi connectivity index (χ1n) is 6.15. The van der Waals surface area contributed by atoms with Gasteiger partial charge in [-0.05, 0) is 28.1 Å². The number of carbonyl (C=O) groups is 1. The standard InChI is InChI=1S/C13H15BrN4O2/c1-8(2)12-16-13(18-17-12)15-11(19)7-20-10-6-4-3-5-9(10)14/h3-6,8H,7H2,1-2H3,(H2,15,16,17,18,19). The maximum atomic E-state index is 11.7. The van der Waals surface area contributed by atoms with Crippen LogP contribution in [0.3, 0.4) is 0 Å². The van der Waals surface area contributed by atoms with Crippen LogP contribution in [0.5, 0.6) is 5.75 Å². The van der Waals surface area contributed by atoms with Gasteiger partial charge in [-0.3, -0.25) is 15.2 Å². The number of hydrogen-bond donors (Lipinski definition) is 2. The first kappa shape index (κ1) is 14.5. The molecule has 20 heavy (non-hydrogen) atoms. The largest absolute Gasteiger partial charge is 0.483 e. The molecule has 2 aromatic rings. The van der Waals surface area contributed by atoms with Crippen molar-refractivity contribution < 1.29 is 9.53 Å². The van der Waals surface area contributed by atoms with E-state index in [4.69, 9.17) is 4.74 Å². The Bertz CT molecular complexity index is 598. The molecule has 0 bridgehead atoms. The predicted molar refractivity (Wildman–Crippen MR) is 78.7 cm³/mol. The van der Waals surface area contributed by atoms with E-state index in [1.54, 1.807) is 6.07 Å². The van der Waals surface area contributed by atoms with Crippen LogP contribution in [0.25, 0.3) is 0 Å². The molecular formula is C13H15BrN4O2. The van der Waals surface area contributed by atoms with Crippen molar-refractivity contribution in [3.8, 4) is 5.75 Å². The van der Waals surface area contributed by atoms with E-state index < -0.39 is 0 Å². The molecule has 0 saturated heterocycles. The number of aromatic amines is 1. The van der Waals surface area contributed by atoms with Crippen molar-refractivity contribution in [2.24, 2.45) is 0 Å². The molecule has 6 nitrogen and oxygen atoms in total. The Hall–Kier alpha value is -1.89. The summed E-state index contributed by atoms with van der Waals surface area (Å²) in [6, 6.07) is 7.33. The zero-order valence-corrected chi connectivity index (χ0v) is 12.8. The van der Waals surface area contributed by atoms with Crippen molar-refractivity contribution in [3.05, 3.63) is 34.6 Å². The van der Waals surface area contributed by atoms with Crippen LogP contribution in [0, 0.1) is 0 Å². The maximum absolute atomic E-state index is 11.7. The molecule has 0 spiro atoms. The average Bonchev–Trinajstić information content (AvgIpc) is 2.86. The van der Waals surface area contributed by atoms with Crippen molar-refractivity contribution in [1.82, 2.24) is 15.2 Å². The molecule has 0 radical (unpaired) electrons. The normalized spacial score (nSPS) is 10.6. The number of carbonyl (C=O) groups excluding carboxylic acids is 1. The van der Waals surface area contributed by atoms with Crippen LogP contribution < -0.4 is 10.1 Å². The Labute approximate surface area is 125 Å². The first-order chi connectivity index (χ1) is 9.56. The molecule has 1 heterocycles. The third-order valence-corrected chi connectivity index (χ3v) is 3.15. The van der Waals surface area contributed by atoms with Crippen molar-refractivity contribution in [2.45, 2.75) is 19.8 Å². The summed E-state index contributed by atoms with van der Waals surface area (Å²) >= 11 is 3.35. The number of nitrogens with zero attached hydrogens (tertiary/aromatic N) is 2. The van der Waals surface area contributed by atoms with Gasteiger partial charge in [0.2, 0.25) is 5.95 Å². The highest BCUT2D eigenvalue weighted by atomic mass is 79.9. The fourth-order valence-electron chi connectivity index (χ4n) is 1.45. The molecule has 0 unspecified atom stereocenters. The van der Waals surface area contributed by atoms with E-state index in [9.17, 15) is 4.79 Å². The van der Waals surface area contributed by atoms with Crippen molar-refractivity contribution in [3.63, 3.8) is 0 Å². The number of halogens is 1. The molecule has 0 atom stereocenters. The van der Waals surface area contributed by atoms with Gasteiger partial charge in [0.15, 0.2) is 6.61 Å². The molecule has 7 heteroatoms. The minimum atomic E-state index is -0.310. The van der Waals surface area contributed by atoms with Crippen molar-refractivity contribution in [2.75, 3.05) is 11.9 Å². The molecular weight excluding hydrogens is 324 g/mol. The number of anilines is 1. The highest BCUT2D eigenvalue weighted by Crippen LogP contribution is 2.23. The monoisotopic (exact) mass is 338 g/mol. The van der Waals surface area contributed by atoms with E-state index >= 15 is 0 Å². The molecule has 0 saturated carbocycles. The summed E-state index contributed by atoms with van der Waals surface area (Å²) in [6.45, 7) is 3.87. The third-order valence-electron chi connectivity index (χ3n) is 2.50. The van der Waals surface area contributed by atoms with Crippen LogP contribution in [0.4, 0.5) is 5.95 Å². The summed E-state index contributed by atoms with van der Waals surface area (Å²) < 4.78 is 6.20. The number of aromatic nitrogens is 3. The Morgan fingerprint density at radius 2 is 2.20 bits per heavy atom. The van der Waals surface area contributed by atoms with Gasteiger partial charge in [-0.15, -0.1) is 5.10 Å². The summed E-state index contributed by atoms with van der Waals surface area (Å²) in [6.07, 6.45) is 0. The number of H-pyrrole nitrogens is 1. The van der Waals surface area contributed by atoms with E-state index in [1.807, 2.05) is 32.0 Å². The lowest BCUT2D eigenvalue weighted by atomic mass is 10.2. The quantitative estimate of drug-likeness (QED) is 0.878. The molecule has 0 aliphatic heterocycles. The molecule has 1 aromatic heterocycles. The lowest BCUT2D eigenvalue weighted by Gasteiger charge is -2.06. The van der Waals surface area contributed by atoms with E-state index in [0.717, 1.165) is 10.3 Å². The smallest absolute Gasteiger partial charge is 0.264 e. The third kappa shape index (κ3) is 3.80. The Morgan fingerprint density at radius 3 is 2.85 bits per heavy atom. The second-order valence-corrected chi connectivity index (χ2v) is 5.32. The Morgan fingerprint density at radius 1 is 1.45 bits per heavy atom. The number of benzene rings is 1. The second kappa shape index (κ2) is 6.51. The van der Waals surface area contributed by atoms with Crippen LogP contribution in [-0.2, 0) is 4.79 Å². The van der Waals surface area contributed by atoms with Crippen LogP contribution in [0.2, 0.25) is 0 Å². The highest BCUT2D eigenvalue weighted by Gasteiger charge is 2.10. The van der Waals surface area contributed by atoms with E-state index in [2.05, 4.69) is 36.4 Å². The fourth-order valence-corrected chi connectivity index (χ4v) is 1.85. The van der Waals surface area contributed by atoms with E-state index in [0.29, 0.717) is 5.75 Å². The van der Waals surface area contributed by atoms with Crippen LogP contribution in [-0.4, -0.2) is 27.7 Å². The van der Waals surface area contributed by atoms with E-state index in [-0.39, 0.29) is 24.4 Å². The molecule has 0 fully saturated rings. The van der Waals surface area contributed by atoms with Gasteiger partial charge in [-0.2, -0.15) is 4.98 Å². The summed E-state index contributed by atoms with van der Waals surface area (Å²) in [5, 5.41) is 9.26. The maximum Gasteiger partial charge on any atom is 0.264 e. The Balaban J connectivity index is 1.88. The zero-order valence-electron chi connectivity index (χ0n) is 11.2. The molecule has 106 valence electrons. The van der Waals surface area contributed by atoms with Gasteiger partial charge in [0, 0.05) is 5.92 Å². The van der Waals surface area contributed by atoms with Gasteiger partial charge in [0.1, 0.15) is 11.6 Å². The SMILES string of the molecule is CC(C)c1nc(NC(=O)COc2ccccc2Br)n[nH]1. The van der Waals surface area contributed by atoms with Crippen molar-refractivity contribution >= 4 is 27.8 Å². The zero-order chi connectivity index (χ0) is 14.5. The topological polar surface area (TPSA) is 79.9 Å². The summed E-state index contributed by atoms with van der Waals surface area (Å²) in [4.78, 5) is 15.9. The van der Waals surface area contributed by atoms with Gasteiger partial charge < -0.3 is 4.74 Å². The van der Waals surface area contributed by atoms with Gasteiger partial charge in [-0.25, -0.2) is 0 Å². The molecule has 1 amide bonds. The Kier molecular flexibility index (Phi) is 4.73. The van der Waals surface area contributed by atoms with Crippen LogP contribution in [0.1, 0.15) is 25.6 Å². The summed E-state index contributed by atoms with van der Waals surface area (Å²) in [5.41, 5.74) is 0. The number of rotatable bonds is 5. The number of amides is 1. The molecule has 1 aromatic carbocycles. The summed E-state index contributed by atoms with van der Waals surface area (Å²) in [7, 11) is 0. The molecule has 2 rings (SSSR count). The summed E-state index contributed by atoms with van der Waals surface area (Å²) in [5.74, 6) is 1.52. The second-order valence-electron chi connectivity index (χ2n) is 4.47. The lowest BCUT2D eigenvalue weighted by molar-refractivity contribution is -0.118. The molecule has 0 aliphatic carbocycles. The predicted octanol–water partition coefficient (Wildman–Crippen LogP) is 2.71. The number of nitrogens with one attached hydrogen (secondary N) is 2. The number of ether oxygens (including phenoxy) is 1. The van der Waals surface area contributed by atoms with Crippen molar-refractivity contribution in [1.29, 1.82) is 0 Å². The fraction of sp³-hybridized carbons (Fsp3) is 0.308. The van der Waals surface area contributed by atoms with Crippen LogP contribution in [0.15, 0.2) is 28.7 Å². The number of hydrogen-bond acceptors (Lipinski definition) is 4. The average molecular weight is 339 g/mol. The molecule has 2 N–H and O–H groups in total. The van der Waals surface area contributed by atoms with Gasteiger partial charge in [0.25, 0.3) is 5.91 Å². The minimum Gasteiger partial charge on any atom is -0.483 e. The first-order valence-corrected chi connectivity index (χ1v) is 6.95. The number of para-hydroxylation sites is 1. The van der Waals surface area contributed by atoms with Gasteiger partial charge >= 0.3 is 0 Å². The van der Waals surface area contributed by atoms with Crippen LogP contribution >= 0.6 is 15.9 Å². The van der Waals surface area contributed by atoms with Gasteiger partial charge in [-0.1, -0.05) is 26.0 Å². The lowest BCUT2D eigenvalue weighted by Crippen LogP contribution is -2.21. The van der Waals surface area contributed by atoms with E-state index in [1.165, 1.54) is 0 Å².